The minimum atomic E-state index is -2.25. The number of hydrogen-bond donors (Lipinski definition) is 0. The van der Waals surface area contributed by atoms with Crippen LogP contribution in [0.3, 0.4) is 0 Å². The molecule has 1 atom stereocenters. The Morgan fingerprint density at radius 1 is 1.06 bits per heavy atom. The Balaban J connectivity index is 1.56. The van der Waals surface area contributed by atoms with Crippen LogP contribution in [0.2, 0.25) is 0 Å². The number of nitrogens with zero attached hydrogens (tertiary/aromatic N) is 3. The lowest BCUT2D eigenvalue weighted by Crippen LogP contribution is -2.27. The number of hydrogen-bond acceptors (Lipinski definition) is 5. The normalized spacial score (nSPS) is 17.9. The van der Waals surface area contributed by atoms with Gasteiger partial charge in [0.1, 0.15) is 6.61 Å². The molecule has 1 aromatic heterocycles. The third-order valence-corrected chi connectivity index (χ3v) is 6.72. The smallest absolute Gasteiger partial charge is 0.229 e. The molecule has 1 unspecified atom stereocenters. The highest BCUT2D eigenvalue weighted by atomic mass is 32.2. The van der Waals surface area contributed by atoms with Crippen LogP contribution < -0.4 is 9.64 Å². The van der Waals surface area contributed by atoms with Crippen LogP contribution in [0.25, 0.3) is 10.9 Å². The minimum Gasteiger partial charge on any atom is -0.472 e. The van der Waals surface area contributed by atoms with Gasteiger partial charge in [-0.15, -0.1) is 0 Å². The Bertz CT molecular complexity index is 1360. The van der Waals surface area contributed by atoms with Gasteiger partial charge in [-0.2, -0.15) is 4.98 Å². The molecule has 0 N–H and O–H groups in total. The molecule has 31 heavy (non-hydrogen) atoms. The molecule has 3 aromatic carbocycles. The second-order valence-electron chi connectivity index (χ2n) is 7.41. The highest BCUT2D eigenvalue weighted by Gasteiger charge is 2.22. The maximum atomic E-state index is 12.7. The number of aromatic nitrogens is 2. The van der Waals surface area contributed by atoms with E-state index in [4.69, 9.17) is 18.8 Å². The van der Waals surface area contributed by atoms with Crippen molar-refractivity contribution in [2.45, 2.75) is 24.9 Å². The molecule has 4 aromatic rings. The van der Waals surface area contributed by atoms with Crippen LogP contribution in [-0.2, 0) is 24.0 Å². The lowest BCUT2D eigenvalue weighted by Gasteiger charge is -2.21. The summed E-state index contributed by atoms with van der Waals surface area (Å²) in [6, 6.07) is 22.3. The van der Waals surface area contributed by atoms with Crippen LogP contribution in [0.4, 0.5) is 5.95 Å². The lowest BCUT2D eigenvalue weighted by atomic mass is 10.1. The average Bonchev–Trinajstić information content (AvgIpc) is 3.01. The minimum absolute atomic E-state index is 0.208. The number of anilines is 1. The molecule has 156 valence electrons. The molecular weight excluding hydrogens is 406 g/mol. The molecule has 0 amide bonds. The topological polar surface area (TPSA) is 55.3 Å². The van der Waals surface area contributed by atoms with E-state index in [0.29, 0.717) is 41.6 Å². The van der Waals surface area contributed by atoms with Gasteiger partial charge in [-0.25, -0.2) is 4.98 Å². The van der Waals surface area contributed by atoms with Crippen molar-refractivity contribution in [3.63, 3.8) is 0 Å². The van der Waals surface area contributed by atoms with Crippen LogP contribution in [0, 0.1) is 6.85 Å². The zero-order valence-electron chi connectivity index (χ0n) is 19.8. The average molecular weight is 433 g/mol. The van der Waals surface area contributed by atoms with E-state index in [1.165, 1.54) is 0 Å². The molecule has 0 bridgehead atoms. The Labute approximate surface area is 188 Å². The first-order valence-corrected chi connectivity index (χ1v) is 11.4. The molecule has 0 spiro atoms. The molecule has 1 aliphatic heterocycles. The van der Waals surface area contributed by atoms with Gasteiger partial charge in [-0.05, 0) is 36.2 Å². The zero-order chi connectivity index (χ0) is 23.7. The zero-order valence-corrected chi connectivity index (χ0v) is 17.6. The fourth-order valence-electron chi connectivity index (χ4n) is 3.68. The second-order valence-corrected chi connectivity index (χ2v) is 8.95. The summed E-state index contributed by atoms with van der Waals surface area (Å²) >= 11 is 0. The van der Waals surface area contributed by atoms with Crippen LogP contribution in [0.15, 0.2) is 77.7 Å². The lowest BCUT2D eigenvalue weighted by molar-refractivity contribution is 0.297. The van der Waals surface area contributed by atoms with Gasteiger partial charge in [-0.1, -0.05) is 60.2 Å². The summed E-state index contributed by atoms with van der Waals surface area (Å²) in [6.45, 7) is -0.906. The predicted molar refractivity (Wildman–Crippen MR) is 124 cm³/mol. The number of fused-ring (bicyclic) bond motifs is 2. The summed E-state index contributed by atoms with van der Waals surface area (Å²) in [5.41, 5.74) is 2.76. The van der Waals surface area contributed by atoms with Crippen LogP contribution >= 0.6 is 0 Å². The Kier molecular flexibility index (Phi) is 4.50. The van der Waals surface area contributed by atoms with E-state index in [2.05, 4.69) is 0 Å². The number of benzene rings is 3. The molecular formula is C25H23N3O2S. The second kappa shape index (κ2) is 8.47. The van der Waals surface area contributed by atoms with Crippen molar-refractivity contribution in [3.05, 3.63) is 89.5 Å². The molecule has 6 heteroatoms. The van der Waals surface area contributed by atoms with Gasteiger partial charge in [0.15, 0.2) is 0 Å². The molecule has 0 fully saturated rings. The molecule has 5 rings (SSSR count). The predicted octanol–water partition coefficient (Wildman–Crippen LogP) is 4.65. The highest BCUT2D eigenvalue weighted by Crippen LogP contribution is 2.29. The molecule has 0 saturated carbocycles. The quantitative estimate of drug-likeness (QED) is 0.470. The largest absolute Gasteiger partial charge is 0.472 e. The van der Waals surface area contributed by atoms with E-state index >= 15 is 0 Å². The van der Waals surface area contributed by atoms with Gasteiger partial charge >= 0.3 is 0 Å². The summed E-state index contributed by atoms with van der Waals surface area (Å²) < 4.78 is 42.2. The molecule has 2 heterocycles. The summed E-state index contributed by atoms with van der Waals surface area (Å²) in [4.78, 5) is 12.3. The first kappa shape index (κ1) is 16.4. The first-order valence-electron chi connectivity index (χ1n) is 11.6. The summed E-state index contributed by atoms with van der Waals surface area (Å²) in [7, 11) is -1.09. The van der Waals surface area contributed by atoms with Gasteiger partial charge in [0.05, 0.1) is 21.7 Å². The third-order valence-electron chi connectivity index (χ3n) is 5.28. The Morgan fingerprint density at radius 2 is 1.90 bits per heavy atom. The van der Waals surface area contributed by atoms with Gasteiger partial charge < -0.3 is 9.64 Å². The van der Waals surface area contributed by atoms with Crippen LogP contribution in [0.5, 0.6) is 5.88 Å². The maximum Gasteiger partial charge on any atom is 0.229 e. The Morgan fingerprint density at radius 3 is 2.77 bits per heavy atom. The molecule has 0 saturated heterocycles. The van der Waals surface area contributed by atoms with Crippen LogP contribution in [0.1, 0.15) is 20.8 Å². The fourth-order valence-corrected chi connectivity index (χ4v) is 4.94. The number of rotatable bonds is 4. The summed E-state index contributed by atoms with van der Waals surface area (Å²) in [5, 5.41) is 0.548. The molecule has 0 aliphatic carbocycles. The SMILES string of the molecule is [2H]C([2H])([2H])c1ccc2nc(N3CCS(=O)c4ccccc4C3)nc(OCc3ccccc3)c2c1. The van der Waals surface area contributed by atoms with Gasteiger partial charge in [0.2, 0.25) is 11.8 Å². The molecule has 1 aliphatic rings. The Hall–Kier alpha value is -3.25. The standard InChI is InChI=1S/C25H23N3O2S/c1-18-11-12-22-21(15-18)24(30-17-19-7-3-2-4-8-19)27-25(26-22)28-13-14-31(29)23-10-6-5-9-20(23)16-28/h2-12,15H,13-14,16-17H2,1H3/i1D3. The van der Waals surface area contributed by atoms with Crippen molar-refractivity contribution in [1.29, 1.82) is 0 Å². The van der Waals surface area contributed by atoms with E-state index in [9.17, 15) is 4.21 Å². The van der Waals surface area contributed by atoms with E-state index < -0.39 is 17.7 Å². The van der Waals surface area contributed by atoms with Crippen molar-refractivity contribution in [2.75, 3.05) is 17.2 Å². The van der Waals surface area contributed by atoms with Crippen molar-refractivity contribution in [3.8, 4) is 5.88 Å². The van der Waals surface area contributed by atoms with Crippen molar-refractivity contribution < 1.29 is 13.1 Å². The van der Waals surface area contributed by atoms with E-state index in [1.807, 2.05) is 59.5 Å². The van der Waals surface area contributed by atoms with Gasteiger partial charge in [-0.3, -0.25) is 4.21 Å². The van der Waals surface area contributed by atoms with E-state index in [0.717, 1.165) is 16.0 Å². The molecule has 0 radical (unpaired) electrons. The molecule has 5 nitrogen and oxygen atoms in total. The van der Waals surface area contributed by atoms with Crippen molar-refractivity contribution in [2.24, 2.45) is 0 Å². The fraction of sp³-hybridized carbons (Fsp3) is 0.200. The first-order chi connectivity index (χ1) is 16.4. The van der Waals surface area contributed by atoms with Gasteiger partial charge in [0, 0.05) is 27.9 Å². The summed E-state index contributed by atoms with van der Waals surface area (Å²) in [6.07, 6.45) is 0. The maximum absolute atomic E-state index is 12.7. The number of ether oxygens (including phenoxy) is 1. The number of aryl methyl sites for hydroxylation is 1. The highest BCUT2D eigenvalue weighted by molar-refractivity contribution is 7.85. The van der Waals surface area contributed by atoms with E-state index in [1.54, 1.807) is 18.2 Å². The van der Waals surface area contributed by atoms with Crippen molar-refractivity contribution in [1.82, 2.24) is 9.97 Å². The monoisotopic (exact) mass is 432 g/mol. The van der Waals surface area contributed by atoms with E-state index in [-0.39, 0.29) is 12.2 Å². The van der Waals surface area contributed by atoms with Gasteiger partial charge in [0.25, 0.3) is 0 Å². The summed E-state index contributed by atoms with van der Waals surface area (Å²) in [5.74, 6) is 1.26. The third kappa shape index (κ3) is 4.16. The van der Waals surface area contributed by atoms with Crippen molar-refractivity contribution >= 4 is 27.7 Å². The van der Waals surface area contributed by atoms with Crippen LogP contribution in [-0.4, -0.2) is 26.5 Å².